The van der Waals surface area contributed by atoms with Crippen molar-refractivity contribution >= 4 is 11.6 Å². The van der Waals surface area contributed by atoms with E-state index in [0.717, 1.165) is 16.8 Å². The van der Waals surface area contributed by atoms with Crippen LogP contribution in [0.2, 0.25) is 0 Å². The molecule has 0 bridgehead atoms. The molecular formula is C17H19NO3. The average molecular weight is 285 g/mol. The number of aliphatic hydroxyl groups excluding tert-OH is 1. The van der Waals surface area contributed by atoms with Crippen LogP contribution in [0.1, 0.15) is 24.2 Å². The van der Waals surface area contributed by atoms with Crippen molar-refractivity contribution in [3.63, 3.8) is 0 Å². The summed E-state index contributed by atoms with van der Waals surface area (Å²) >= 11 is 0. The monoisotopic (exact) mass is 285 g/mol. The molecule has 2 aromatic carbocycles. The van der Waals surface area contributed by atoms with Gasteiger partial charge in [0.05, 0.1) is 6.10 Å². The van der Waals surface area contributed by atoms with Crippen LogP contribution in [0.15, 0.2) is 48.5 Å². The second kappa shape index (κ2) is 6.90. The van der Waals surface area contributed by atoms with Crippen molar-refractivity contribution in [2.24, 2.45) is 0 Å². The van der Waals surface area contributed by atoms with Crippen molar-refractivity contribution in [2.75, 3.05) is 11.9 Å². The van der Waals surface area contributed by atoms with E-state index in [9.17, 15) is 9.90 Å². The van der Waals surface area contributed by atoms with Crippen molar-refractivity contribution in [1.29, 1.82) is 0 Å². The van der Waals surface area contributed by atoms with Gasteiger partial charge in [0.1, 0.15) is 5.75 Å². The van der Waals surface area contributed by atoms with E-state index < -0.39 is 6.10 Å². The zero-order valence-electron chi connectivity index (χ0n) is 12.2. The minimum Gasteiger partial charge on any atom is -0.484 e. The first-order valence-electron chi connectivity index (χ1n) is 6.82. The molecule has 0 aliphatic heterocycles. The highest BCUT2D eigenvalue weighted by molar-refractivity contribution is 5.92. The lowest BCUT2D eigenvalue weighted by Crippen LogP contribution is -2.20. The summed E-state index contributed by atoms with van der Waals surface area (Å²) < 4.78 is 5.42. The third kappa shape index (κ3) is 4.33. The van der Waals surface area contributed by atoms with Crippen LogP contribution in [0.5, 0.6) is 5.75 Å². The molecule has 4 nitrogen and oxygen atoms in total. The molecule has 0 aliphatic carbocycles. The standard InChI is InChI=1S/C17H19NO3/c1-12-5-3-4-6-16(12)18-17(20)11-21-15-9-7-14(8-10-15)13(2)19/h3-10,13,19H,11H2,1-2H3,(H,18,20). The van der Waals surface area contributed by atoms with Gasteiger partial charge in [0.2, 0.25) is 0 Å². The quantitative estimate of drug-likeness (QED) is 0.887. The Labute approximate surface area is 124 Å². The number of aryl methyl sites for hydroxylation is 1. The molecule has 1 atom stereocenters. The molecule has 4 heteroatoms. The number of nitrogens with one attached hydrogen (secondary N) is 1. The Hall–Kier alpha value is -2.33. The van der Waals surface area contributed by atoms with Gasteiger partial charge in [-0.1, -0.05) is 30.3 Å². The molecule has 0 radical (unpaired) electrons. The largest absolute Gasteiger partial charge is 0.484 e. The summed E-state index contributed by atoms with van der Waals surface area (Å²) in [6.45, 7) is 3.58. The maximum atomic E-state index is 11.8. The first-order valence-corrected chi connectivity index (χ1v) is 6.82. The predicted molar refractivity (Wildman–Crippen MR) is 82.4 cm³/mol. The highest BCUT2D eigenvalue weighted by Crippen LogP contribution is 2.17. The number of hydrogen-bond acceptors (Lipinski definition) is 3. The summed E-state index contributed by atoms with van der Waals surface area (Å²) in [5.74, 6) is 0.392. The summed E-state index contributed by atoms with van der Waals surface area (Å²) in [5.41, 5.74) is 2.61. The highest BCUT2D eigenvalue weighted by atomic mass is 16.5. The summed E-state index contributed by atoms with van der Waals surface area (Å²) in [6, 6.07) is 14.6. The number of anilines is 1. The third-order valence-electron chi connectivity index (χ3n) is 3.15. The van der Waals surface area contributed by atoms with Gasteiger partial charge in [0, 0.05) is 5.69 Å². The number of aliphatic hydroxyl groups is 1. The normalized spacial score (nSPS) is 11.8. The van der Waals surface area contributed by atoms with Gasteiger partial charge in [-0.25, -0.2) is 0 Å². The summed E-state index contributed by atoms with van der Waals surface area (Å²) in [6.07, 6.45) is -0.511. The van der Waals surface area contributed by atoms with Gasteiger partial charge in [-0.15, -0.1) is 0 Å². The number of amides is 1. The van der Waals surface area contributed by atoms with Gasteiger partial charge in [0.15, 0.2) is 6.61 Å². The van der Waals surface area contributed by atoms with Crippen LogP contribution in [0.25, 0.3) is 0 Å². The van der Waals surface area contributed by atoms with Gasteiger partial charge < -0.3 is 15.2 Å². The molecule has 0 aromatic heterocycles. The van der Waals surface area contributed by atoms with Crippen molar-refractivity contribution in [1.82, 2.24) is 0 Å². The zero-order valence-corrected chi connectivity index (χ0v) is 12.2. The Morgan fingerprint density at radius 1 is 1.19 bits per heavy atom. The number of hydrogen-bond donors (Lipinski definition) is 2. The molecule has 0 aliphatic rings. The lowest BCUT2D eigenvalue weighted by atomic mass is 10.1. The number of ether oxygens (including phenoxy) is 1. The van der Waals surface area contributed by atoms with Gasteiger partial charge >= 0.3 is 0 Å². The molecule has 2 aromatic rings. The fraction of sp³-hybridized carbons (Fsp3) is 0.235. The van der Waals surface area contributed by atoms with Crippen molar-refractivity contribution < 1.29 is 14.6 Å². The predicted octanol–water partition coefficient (Wildman–Crippen LogP) is 3.07. The van der Waals surface area contributed by atoms with Crippen LogP contribution in [0.4, 0.5) is 5.69 Å². The van der Waals surface area contributed by atoms with E-state index in [0.29, 0.717) is 5.75 Å². The molecule has 2 rings (SSSR count). The van der Waals surface area contributed by atoms with Crippen LogP contribution in [0.3, 0.4) is 0 Å². The molecule has 110 valence electrons. The molecule has 0 saturated heterocycles. The number of rotatable bonds is 5. The Balaban J connectivity index is 1.88. The van der Waals surface area contributed by atoms with Crippen molar-refractivity contribution in [3.05, 3.63) is 59.7 Å². The van der Waals surface area contributed by atoms with Gasteiger partial charge in [0.25, 0.3) is 5.91 Å². The topological polar surface area (TPSA) is 58.6 Å². The Morgan fingerprint density at radius 2 is 1.86 bits per heavy atom. The van der Waals surface area contributed by atoms with E-state index in [-0.39, 0.29) is 12.5 Å². The molecule has 21 heavy (non-hydrogen) atoms. The second-order valence-corrected chi connectivity index (χ2v) is 4.90. The number of para-hydroxylation sites is 1. The molecule has 0 heterocycles. The molecule has 0 saturated carbocycles. The van der Waals surface area contributed by atoms with E-state index in [1.165, 1.54) is 0 Å². The van der Waals surface area contributed by atoms with Gasteiger partial charge in [-0.3, -0.25) is 4.79 Å². The van der Waals surface area contributed by atoms with Crippen LogP contribution in [-0.2, 0) is 4.79 Å². The molecule has 2 N–H and O–H groups in total. The molecule has 0 spiro atoms. The van der Waals surface area contributed by atoms with Crippen molar-refractivity contribution in [3.8, 4) is 5.75 Å². The Morgan fingerprint density at radius 3 is 2.48 bits per heavy atom. The lowest BCUT2D eigenvalue weighted by molar-refractivity contribution is -0.118. The average Bonchev–Trinajstić information content (AvgIpc) is 2.48. The third-order valence-corrected chi connectivity index (χ3v) is 3.15. The minimum absolute atomic E-state index is 0.0532. The van der Waals surface area contributed by atoms with Crippen LogP contribution < -0.4 is 10.1 Å². The minimum atomic E-state index is -0.511. The summed E-state index contributed by atoms with van der Waals surface area (Å²) in [4.78, 5) is 11.8. The smallest absolute Gasteiger partial charge is 0.262 e. The van der Waals surface area contributed by atoms with E-state index in [1.807, 2.05) is 31.2 Å². The maximum Gasteiger partial charge on any atom is 0.262 e. The van der Waals surface area contributed by atoms with Crippen LogP contribution in [0, 0.1) is 6.92 Å². The van der Waals surface area contributed by atoms with Crippen LogP contribution in [-0.4, -0.2) is 17.6 Å². The fourth-order valence-electron chi connectivity index (χ4n) is 1.89. The first-order chi connectivity index (χ1) is 10.1. The molecule has 1 unspecified atom stereocenters. The summed E-state index contributed by atoms with van der Waals surface area (Å²) in [7, 11) is 0. The van der Waals surface area contributed by atoms with E-state index in [2.05, 4.69) is 5.32 Å². The zero-order chi connectivity index (χ0) is 15.2. The maximum absolute atomic E-state index is 11.8. The molecule has 0 fully saturated rings. The fourth-order valence-corrected chi connectivity index (χ4v) is 1.89. The van der Waals surface area contributed by atoms with E-state index in [1.54, 1.807) is 31.2 Å². The molecule has 1 amide bonds. The number of carbonyl (C=O) groups excluding carboxylic acids is 1. The van der Waals surface area contributed by atoms with Crippen LogP contribution >= 0.6 is 0 Å². The van der Waals surface area contributed by atoms with E-state index >= 15 is 0 Å². The van der Waals surface area contributed by atoms with E-state index in [4.69, 9.17) is 4.74 Å². The number of benzene rings is 2. The highest BCUT2D eigenvalue weighted by Gasteiger charge is 2.06. The Bertz CT molecular complexity index is 606. The summed E-state index contributed by atoms with van der Waals surface area (Å²) in [5, 5.41) is 12.2. The van der Waals surface area contributed by atoms with Gasteiger partial charge in [-0.2, -0.15) is 0 Å². The lowest BCUT2D eigenvalue weighted by Gasteiger charge is -2.10. The Kier molecular flexibility index (Phi) is 4.95. The number of carbonyl (C=O) groups is 1. The van der Waals surface area contributed by atoms with Crippen molar-refractivity contribution in [2.45, 2.75) is 20.0 Å². The first kappa shape index (κ1) is 15.1. The molecular weight excluding hydrogens is 266 g/mol. The van der Waals surface area contributed by atoms with Gasteiger partial charge in [-0.05, 0) is 43.2 Å². The SMILES string of the molecule is Cc1ccccc1NC(=O)COc1ccc(C(C)O)cc1. The second-order valence-electron chi connectivity index (χ2n) is 4.90.